The summed E-state index contributed by atoms with van der Waals surface area (Å²) in [5, 5.41) is 3.03. The van der Waals surface area contributed by atoms with Crippen LogP contribution in [0.15, 0.2) is 44.8 Å². The fourth-order valence-corrected chi connectivity index (χ4v) is 21.8. The van der Waals surface area contributed by atoms with Gasteiger partial charge in [-0.3, -0.25) is 0 Å². The summed E-state index contributed by atoms with van der Waals surface area (Å²) in [6.07, 6.45) is 1.22. The van der Waals surface area contributed by atoms with Gasteiger partial charge in [-0.25, -0.2) is 0 Å². The molecule has 0 saturated carbocycles. The number of thioether (sulfide) groups is 2. The molecule has 8 heteroatoms. The Balaban J connectivity index is 1.82. The summed E-state index contributed by atoms with van der Waals surface area (Å²) in [6.45, 7) is 6.92. The van der Waals surface area contributed by atoms with Crippen LogP contribution < -0.4 is 5.79 Å². The molecule has 0 unspecified atom stereocenters. The Morgan fingerprint density at radius 2 is 1.13 bits per heavy atom. The maximum atomic E-state index is 2.63. The molecule has 0 bridgehead atoms. The van der Waals surface area contributed by atoms with Gasteiger partial charge in [0.05, 0.1) is 0 Å². The van der Waals surface area contributed by atoms with Crippen molar-refractivity contribution in [3.05, 3.63) is 36.4 Å². The monoisotopic (exact) mass is 844 g/mol. The van der Waals surface area contributed by atoms with Gasteiger partial charge in [0, 0.05) is 0 Å². The maximum absolute atomic E-state index is 2.63. The van der Waals surface area contributed by atoms with Crippen LogP contribution in [0.4, 0.5) is 0 Å². The molecule has 0 amide bonds. The second-order valence-electron chi connectivity index (χ2n) is 12.7. The molecule has 0 N–H and O–H groups in total. The molecule has 0 saturated heterocycles. The average Bonchev–Trinajstić information content (AvgIpc) is 3.64. The van der Waals surface area contributed by atoms with E-state index in [0.29, 0.717) is 5.92 Å². The Morgan fingerprint density at radius 3 is 1.54 bits per heavy atom. The summed E-state index contributed by atoms with van der Waals surface area (Å²) >= 11 is 7.78. The molecule has 208 valence electrons. The van der Waals surface area contributed by atoms with Crippen molar-refractivity contribution >= 4 is 132 Å². The Labute approximate surface area is 268 Å². The molecule has 0 aliphatic rings. The van der Waals surface area contributed by atoms with Crippen molar-refractivity contribution < 1.29 is 0 Å². The first-order chi connectivity index (χ1) is 18.4. The molecule has 0 atom stereocenters. The van der Waals surface area contributed by atoms with Crippen molar-refractivity contribution in [3.63, 3.8) is 0 Å². The van der Waals surface area contributed by atoms with E-state index in [4.69, 9.17) is 0 Å². The molecule has 0 fully saturated rings. The Hall–Kier alpha value is 0.837. The van der Waals surface area contributed by atoms with E-state index in [1.165, 1.54) is 67.4 Å². The van der Waals surface area contributed by atoms with Crippen molar-refractivity contribution in [3.8, 4) is 20.9 Å². The number of thiophene rings is 4. The molecular weight excluding hydrogens is 802 g/mol. The van der Waals surface area contributed by atoms with E-state index in [9.17, 15) is 0 Å². The Morgan fingerprint density at radius 1 is 0.667 bits per heavy atom. The van der Waals surface area contributed by atoms with Gasteiger partial charge in [-0.15, -0.1) is 0 Å². The van der Waals surface area contributed by atoms with Crippen LogP contribution in [0.3, 0.4) is 0 Å². The van der Waals surface area contributed by atoms with Crippen LogP contribution in [0, 0.1) is 5.92 Å². The van der Waals surface area contributed by atoms with Crippen LogP contribution in [0.1, 0.15) is 27.2 Å². The van der Waals surface area contributed by atoms with Gasteiger partial charge in [-0.2, -0.15) is 0 Å². The summed E-state index contributed by atoms with van der Waals surface area (Å²) in [6, 6.07) is 14.9. The van der Waals surface area contributed by atoms with Gasteiger partial charge in [0.25, 0.3) is 0 Å². The van der Waals surface area contributed by atoms with Crippen LogP contribution in [-0.4, -0.2) is 48.3 Å². The van der Waals surface area contributed by atoms with Crippen molar-refractivity contribution in [1.82, 2.24) is 0 Å². The fraction of sp³-hybridized carbons (Fsp3) is 0.419. The Bertz CT molecular complexity index is 1530. The van der Waals surface area contributed by atoms with Crippen LogP contribution in [-0.2, 0) is 0 Å². The van der Waals surface area contributed by atoms with E-state index in [2.05, 4.69) is 109 Å². The van der Waals surface area contributed by atoms with Crippen LogP contribution in [0.25, 0.3) is 41.1 Å². The Kier molecular flexibility index (Phi) is 9.98. The number of rotatable bonds is 10. The first-order valence-electron chi connectivity index (χ1n) is 13.9. The van der Waals surface area contributed by atoms with Gasteiger partial charge in [-0.05, 0) is 0 Å². The second-order valence-corrected chi connectivity index (χ2v) is 50.6. The van der Waals surface area contributed by atoms with Crippen molar-refractivity contribution in [2.24, 2.45) is 5.92 Å². The number of fused-ring (bicyclic) bond motifs is 2. The third kappa shape index (κ3) is 6.83. The predicted molar refractivity (Wildman–Crippen MR) is 196 cm³/mol. The van der Waals surface area contributed by atoms with Gasteiger partial charge in [0.15, 0.2) is 0 Å². The zero-order valence-corrected chi connectivity index (χ0v) is 35.2. The summed E-state index contributed by atoms with van der Waals surface area (Å²) in [5.41, 5.74) is 3.04. The van der Waals surface area contributed by atoms with E-state index in [0.717, 1.165) is 0 Å². The average molecular weight is 842 g/mol. The van der Waals surface area contributed by atoms with Crippen molar-refractivity contribution in [1.29, 1.82) is 0 Å². The normalized spacial score (nSPS) is 13.0. The second kappa shape index (κ2) is 12.4. The molecule has 0 radical (unpaired) electrons. The van der Waals surface area contributed by atoms with Crippen LogP contribution >= 0.6 is 68.9 Å². The molecule has 5 rings (SSSR count). The molecule has 0 aliphatic heterocycles. The fourth-order valence-electron chi connectivity index (χ4n) is 4.51. The minimum absolute atomic E-state index is 0.710. The first-order valence-corrected chi connectivity index (χ1v) is 39.1. The summed E-state index contributed by atoms with van der Waals surface area (Å²) in [5.74, 6) is 3.09. The molecule has 0 aliphatic carbocycles. The zero-order chi connectivity index (χ0) is 28.1. The van der Waals surface area contributed by atoms with E-state index in [-0.39, 0.29) is 0 Å². The zero-order valence-electron chi connectivity index (χ0n) is 24.6. The van der Waals surface area contributed by atoms with Gasteiger partial charge < -0.3 is 0 Å². The third-order valence-electron chi connectivity index (χ3n) is 6.60. The summed E-state index contributed by atoms with van der Waals surface area (Å²) in [4.78, 5) is 18.4. The van der Waals surface area contributed by atoms with Crippen molar-refractivity contribution in [2.75, 3.05) is 11.5 Å². The predicted octanol–water partition coefficient (Wildman–Crippen LogP) is 11.9. The van der Waals surface area contributed by atoms with E-state index < -0.39 is 36.8 Å². The van der Waals surface area contributed by atoms with Gasteiger partial charge in [-0.1, -0.05) is 0 Å². The number of hydrogen-bond acceptors (Lipinski definition) is 6. The SMILES string of the molecule is CCCSc1ccc(-c2c3c[c]([Sn]([CH3])([CH3])[CH3])sc3c(-c3ccc(SCC(C)C)s3)c3c[c]([Sn]([CH3])([CH3])[CH3])sc23)s1. The molecule has 0 nitrogen and oxygen atoms in total. The molecule has 39 heavy (non-hydrogen) atoms. The van der Waals surface area contributed by atoms with E-state index in [1.807, 2.05) is 46.2 Å². The van der Waals surface area contributed by atoms with Gasteiger partial charge >= 0.3 is 272 Å². The standard InChI is InChI=1S/C25H22S6.6CH3.2Sn/c1-4-11-26-20-7-5-18(30-20)22-16-9-12-28-25(16)23(17-10-13-27-24(17)22)19-6-8-21(31-19)29-14-15(2)3;;;;;;;;/h5-10,15H,4,11,14H2,1-3H3;6*1H3;;. The summed E-state index contributed by atoms with van der Waals surface area (Å²) in [7, 11) is 0. The molecular formula is C31H40S6Sn2. The van der Waals surface area contributed by atoms with Crippen LogP contribution in [0.5, 0.6) is 0 Å². The molecule has 4 heterocycles. The van der Waals surface area contributed by atoms with Gasteiger partial charge in [0.1, 0.15) is 0 Å². The molecule has 5 aromatic rings. The molecule has 4 aromatic heterocycles. The quantitative estimate of drug-likeness (QED) is 0.101. The van der Waals surface area contributed by atoms with Gasteiger partial charge in [0.2, 0.25) is 0 Å². The van der Waals surface area contributed by atoms with E-state index >= 15 is 0 Å². The molecule has 1 aromatic carbocycles. The third-order valence-corrected chi connectivity index (χ3v) is 33.0. The minimum atomic E-state index is -2.28. The summed E-state index contributed by atoms with van der Waals surface area (Å²) < 4.78 is 9.37. The van der Waals surface area contributed by atoms with Crippen LogP contribution in [0.2, 0.25) is 29.6 Å². The number of hydrogen-bond donors (Lipinski definition) is 0. The number of benzene rings is 1. The van der Waals surface area contributed by atoms with Crippen molar-refractivity contribution in [2.45, 2.75) is 65.2 Å². The first kappa shape index (κ1) is 31.3. The van der Waals surface area contributed by atoms with E-state index in [1.54, 1.807) is 5.79 Å². The topological polar surface area (TPSA) is 0 Å². The molecule has 0 spiro atoms.